The van der Waals surface area contributed by atoms with E-state index in [4.69, 9.17) is 0 Å². The molecule has 0 bridgehead atoms. The molecule has 126 valence electrons. The van der Waals surface area contributed by atoms with Crippen LogP contribution in [0.15, 0.2) is 18.2 Å². The van der Waals surface area contributed by atoms with Crippen LogP contribution in [0.5, 0.6) is 0 Å². The van der Waals surface area contributed by atoms with Crippen LogP contribution >= 0.6 is 0 Å². The molecule has 2 saturated heterocycles. The Bertz CT molecular complexity index is 595. The van der Waals surface area contributed by atoms with Crippen molar-refractivity contribution in [2.45, 2.75) is 52.5 Å². The summed E-state index contributed by atoms with van der Waals surface area (Å²) in [6.07, 6.45) is 3.62. The number of carbonyl (C=O) groups excluding carboxylic acids is 1. The molecule has 1 unspecified atom stereocenters. The monoisotopic (exact) mass is 314 g/mol. The van der Waals surface area contributed by atoms with Gasteiger partial charge in [0.05, 0.1) is 0 Å². The largest absolute Gasteiger partial charge is 0.337 e. The number of rotatable bonds is 3. The maximum atomic E-state index is 13.0. The van der Waals surface area contributed by atoms with Gasteiger partial charge in [0.15, 0.2) is 0 Å². The summed E-state index contributed by atoms with van der Waals surface area (Å²) in [5.74, 6) is 0.913. The third-order valence-corrected chi connectivity index (χ3v) is 5.56. The number of carbonyl (C=O) groups is 1. The number of piperidine rings is 1. The van der Waals surface area contributed by atoms with Crippen molar-refractivity contribution < 1.29 is 4.79 Å². The van der Waals surface area contributed by atoms with E-state index in [1.165, 1.54) is 24.9 Å². The second kappa shape index (κ2) is 6.27. The smallest absolute Gasteiger partial charge is 0.254 e. The van der Waals surface area contributed by atoms with E-state index < -0.39 is 0 Å². The Balaban J connectivity index is 1.75. The Labute approximate surface area is 140 Å². The molecule has 1 aromatic carbocycles. The molecule has 1 spiro atoms. The molecule has 3 nitrogen and oxygen atoms in total. The molecule has 0 aliphatic carbocycles. The Hall–Kier alpha value is -1.35. The highest BCUT2D eigenvalue weighted by molar-refractivity contribution is 5.95. The first kappa shape index (κ1) is 16.5. The standard InChI is InChI=1S/C20H30N2O/c1-15(2)13-22-11-9-20(22)8-5-10-21(14-20)19(23)18-7-6-16(3)12-17(18)4/h6-7,12,15H,5,8-11,13-14H2,1-4H3. The minimum absolute atomic E-state index is 0.220. The van der Waals surface area contributed by atoms with Crippen LogP contribution in [0.25, 0.3) is 0 Å². The van der Waals surface area contributed by atoms with Crippen LogP contribution in [0, 0.1) is 19.8 Å². The molecule has 23 heavy (non-hydrogen) atoms. The molecular weight excluding hydrogens is 284 g/mol. The van der Waals surface area contributed by atoms with Gasteiger partial charge in [-0.1, -0.05) is 31.5 Å². The van der Waals surface area contributed by atoms with E-state index in [1.54, 1.807) is 0 Å². The first-order valence-corrected chi connectivity index (χ1v) is 9.03. The van der Waals surface area contributed by atoms with Crippen molar-refractivity contribution in [2.24, 2.45) is 5.92 Å². The summed E-state index contributed by atoms with van der Waals surface area (Å²) < 4.78 is 0. The van der Waals surface area contributed by atoms with Crippen molar-refractivity contribution in [1.82, 2.24) is 9.80 Å². The van der Waals surface area contributed by atoms with Crippen molar-refractivity contribution in [3.05, 3.63) is 34.9 Å². The average molecular weight is 314 g/mol. The topological polar surface area (TPSA) is 23.6 Å². The molecular formula is C20H30N2O. The lowest BCUT2D eigenvalue weighted by Crippen LogP contribution is -2.68. The summed E-state index contributed by atoms with van der Waals surface area (Å²) in [4.78, 5) is 17.7. The maximum absolute atomic E-state index is 13.0. The Morgan fingerprint density at radius 2 is 2.00 bits per heavy atom. The van der Waals surface area contributed by atoms with E-state index in [0.717, 1.165) is 37.2 Å². The van der Waals surface area contributed by atoms with Crippen LogP contribution in [-0.4, -0.2) is 47.4 Å². The van der Waals surface area contributed by atoms with Gasteiger partial charge in [-0.3, -0.25) is 9.69 Å². The average Bonchev–Trinajstić information content (AvgIpc) is 2.51. The van der Waals surface area contributed by atoms with Gasteiger partial charge in [0.2, 0.25) is 0 Å². The summed E-state index contributed by atoms with van der Waals surface area (Å²) in [6, 6.07) is 6.16. The van der Waals surface area contributed by atoms with Crippen LogP contribution < -0.4 is 0 Å². The van der Waals surface area contributed by atoms with Crippen molar-refractivity contribution in [1.29, 1.82) is 0 Å². The summed E-state index contributed by atoms with van der Waals surface area (Å²) in [6.45, 7) is 12.9. The number of aryl methyl sites for hydroxylation is 2. The highest BCUT2D eigenvalue weighted by atomic mass is 16.2. The Morgan fingerprint density at radius 3 is 2.61 bits per heavy atom. The molecule has 0 aromatic heterocycles. The van der Waals surface area contributed by atoms with E-state index >= 15 is 0 Å². The predicted octanol–water partition coefficient (Wildman–Crippen LogP) is 3.64. The quantitative estimate of drug-likeness (QED) is 0.850. The molecule has 0 N–H and O–H groups in total. The van der Waals surface area contributed by atoms with Gasteiger partial charge >= 0.3 is 0 Å². The third kappa shape index (κ3) is 3.16. The number of hydrogen-bond donors (Lipinski definition) is 0. The zero-order valence-corrected chi connectivity index (χ0v) is 15.1. The SMILES string of the molecule is Cc1ccc(C(=O)N2CCCC3(CCN3CC(C)C)C2)c(C)c1. The van der Waals surface area contributed by atoms with Gasteiger partial charge in [-0.25, -0.2) is 0 Å². The van der Waals surface area contributed by atoms with Crippen LogP contribution in [-0.2, 0) is 0 Å². The van der Waals surface area contributed by atoms with Crippen molar-refractivity contribution >= 4 is 5.91 Å². The van der Waals surface area contributed by atoms with Gasteiger partial charge in [-0.05, 0) is 50.7 Å². The van der Waals surface area contributed by atoms with Crippen molar-refractivity contribution in [3.8, 4) is 0 Å². The molecule has 2 fully saturated rings. The van der Waals surface area contributed by atoms with Crippen LogP contribution in [0.3, 0.4) is 0 Å². The molecule has 3 heteroatoms. The van der Waals surface area contributed by atoms with Crippen LogP contribution in [0.2, 0.25) is 0 Å². The zero-order chi connectivity index (χ0) is 16.6. The van der Waals surface area contributed by atoms with E-state index in [-0.39, 0.29) is 11.4 Å². The summed E-state index contributed by atoms with van der Waals surface area (Å²) in [7, 11) is 0. The fraction of sp³-hybridized carbons (Fsp3) is 0.650. The molecule has 2 aliphatic rings. The van der Waals surface area contributed by atoms with Gasteiger partial charge in [0.25, 0.3) is 5.91 Å². The lowest BCUT2D eigenvalue weighted by atomic mass is 9.77. The molecule has 3 rings (SSSR count). The first-order valence-electron chi connectivity index (χ1n) is 9.03. The lowest BCUT2D eigenvalue weighted by molar-refractivity contribution is -0.0648. The third-order valence-electron chi connectivity index (χ3n) is 5.56. The highest BCUT2D eigenvalue weighted by Gasteiger charge is 2.47. The normalized spacial score (nSPS) is 25.0. The second-order valence-electron chi connectivity index (χ2n) is 7.96. The van der Waals surface area contributed by atoms with Crippen LogP contribution in [0.1, 0.15) is 54.6 Å². The summed E-state index contributed by atoms with van der Waals surface area (Å²) >= 11 is 0. The number of nitrogens with zero attached hydrogens (tertiary/aromatic N) is 2. The van der Waals surface area contributed by atoms with Gasteiger partial charge in [-0.2, -0.15) is 0 Å². The predicted molar refractivity (Wildman–Crippen MR) is 94.8 cm³/mol. The highest BCUT2D eigenvalue weighted by Crippen LogP contribution is 2.39. The zero-order valence-electron chi connectivity index (χ0n) is 15.1. The molecule has 2 aliphatic heterocycles. The fourth-order valence-electron chi connectivity index (χ4n) is 4.28. The minimum atomic E-state index is 0.220. The summed E-state index contributed by atoms with van der Waals surface area (Å²) in [5, 5.41) is 0. The number of benzene rings is 1. The Kier molecular flexibility index (Phi) is 4.50. The maximum Gasteiger partial charge on any atom is 0.254 e. The van der Waals surface area contributed by atoms with E-state index in [2.05, 4.69) is 36.6 Å². The van der Waals surface area contributed by atoms with Gasteiger partial charge in [0.1, 0.15) is 0 Å². The number of likely N-dealkylation sites (tertiary alicyclic amines) is 2. The lowest BCUT2D eigenvalue weighted by Gasteiger charge is -2.57. The second-order valence-corrected chi connectivity index (χ2v) is 7.96. The summed E-state index contributed by atoms with van der Waals surface area (Å²) in [5.41, 5.74) is 3.46. The molecule has 0 saturated carbocycles. The first-order chi connectivity index (χ1) is 10.9. The van der Waals surface area contributed by atoms with Crippen molar-refractivity contribution in [2.75, 3.05) is 26.2 Å². The number of amides is 1. The molecule has 1 atom stereocenters. The van der Waals surface area contributed by atoms with E-state index in [9.17, 15) is 4.79 Å². The van der Waals surface area contributed by atoms with Crippen LogP contribution in [0.4, 0.5) is 0 Å². The molecule has 0 radical (unpaired) electrons. The minimum Gasteiger partial charge on any atom is -0.337 e. The van der Waals surface area contributed by atoms with E-state index in [0.29, 0.717) is 5.92 Å². The molecule has 1 aromatic rings. The van der Waals surface area contributed by atoms with Gasteiger partial charge in [0, 0.05) is 37.3 Å². The van der Waals surface area contributed by atoms with Gasteiger partial charge in [-0.15, -0.1) is 0 Å². The molecule has 2 heterocycles. The van der Waals surface area contributed by atoms with Crippen molar-refractivity contribution in [3.63, 3.8) is 0 Å². The fourth-order valence-corrected chi connectivity index (χ4v) is 4.28. The Morgan fingerprint density at radius 1 is 1.22 bits per heavy atom. The van der Waals surface area contributed by atoms with Gasteiger partial charge < -0.3 is 4.90 Å². The molecule has 1 amide bonds. The number of hydrogen-bond acceptors (Lipinski definition) is 2. The van der Waals surface area contributed by atoms with E-state index in [1.807, 2.05) is 19.1 Å².